The summed E-state index contributed by atoms with van der Waals surface area (Å²) in [6.07, 6.45) is 5.24. The first-order chi connectivity index (χ1) is 13.9. The van der Waals surface area contributed by atoms with Crippen LogP contribution in [-0.4, -0.2) is 30.6 Å². The van der Waals surface area contributed by atoms with E-state index in [0.717, 1.165) is 27.8 Å². The Hall–Kier alpha value is -4.06. The summed E-state index contributed by atoms with van der Waals surface area (Å²) in [5.41, 5.74) is 5.08. The molecule has 28 heavy (non-hydrogen) atoms. The lowest BCUT2D eigenvalue weighted by molar-refractivity contribution is 0.888. The highest BCUT2D eigenvalue weighted by Gasteiger charge is 2.06. The molecule has 5 rings (SSSR count). The van der Waals surface area contributed by atoms with E-state index in [1.807, 2.05) is 67.0 Å². The minimum Gasteiger partial charge on any atom is -0.299 e. The lowest BCUT2D eigenvalue weighted by Crippen LogP contribution is -1.95. The maximum Gasteiger partial charge on any atom is 0.184 e. The molecule has 134 valence electrons. The molecule has 0 radical (unpaired) electrons. The quantitative estimate of drug-likeness (QED) is 0.450. The van der Waals surface area contributed by atoms with Crippen molar-refractivity contribution in [1.82, 2.24) is 24.4 Å². The van der Waals surface area contributed by atoms with Crippen LogP contribution in [0.1, 0.15) is 5.56 Å². The van der Waals surface area contributed by atoms with Crippen molar-refractivity contribution in [3.63, 3.8) is 0 Å². The second-order valence-electron chi connectivity index (χ2n) is 6.30. The van der Waals surface area contributed by atoms with Crippen molar-refractivity contribution in [2.45, 2.75) is 0 Å². The Balaban J connectivity index is 1.41. The third kappa shape index (κ3) is 2.97. The molecule has 0 aliphatic carbocycles. The topological polar surface area (TPSA) is 60.9 Å². The number of para-hydroxylation sites is 2. The van der Waals surface area contributed by atoms with Crippen molar-refractivity contribution < 1.29 is 0 Å². The molecule has 0 atom stereocenters. The van der Waals surface area contributed by atoms with Crippen LogP contribution in [0.4, 0.5) is 0 Å². The number of benzene rings is 3. The van der Waals surface area contributed by atoms with Crippen LogP contribution in [0.15, 0.2) is 96.6 Å². The fourth-order valence-electron chi connectivity index (χ4n) is 3.11. The number of hydrogen-bond donors (Lipinski definition) is 0. The lowest BCUT2D eigenvalue weighted by atomic mass is 10.2. The molecule has 2 aromatic heterocycles. The first-order valence-electron chi connectivity index (χ1n) is 8.91. The van der Waals surface area contributed by atoms with Gasteiger partial charge in [0, 0.05) is 11.3 Å². The maximum atomic E-state index is 4.50. The van der Waals surface area contributed by atoms with E-state index in [9.17, 15) is 0 Å². The minimum atomic E-state index is 0.707. The first kappa shape index (κ1) is 16.1. The summed E-state index contributed by atoms with van der Waals surface area (Å²) in [5, 5.41) is 12.6. The molecule has 0 bridgehead atoms. The fraction of sp³-hybridized carbons (Fsp3) is 0. The highest BCUT2D eigenvalue weighted by atomic mass is 15.4. The lowest BCUT2D eigenvalue weighted by Gasteiger charge is -2.04. The van der Waals surface area contributed by atoms with Crippen molar-refractivity contribution in [2.75, 3.05) is 0 Å². The zero-order chi connectivity index (χ0) is 18.8. The summed E-state index contributed by atoms with van der Waals surface area (Å²) in [4.78, 5) is 4.45. The van der Waals surface area contributed by atoms with E-state index in [1.165, 1.54) is 0 Å². The molecule has 0 aliphatic rings. The van der Waals surface area contributed by atoms with E-state index in [2.05, 4.69) is 43.0 Å². The van der Waals surface area contributed by atoms with Gasteiger partial charge >= 0.3 is 0 Å². The van der Waals surface area contributed by atoms with Crippen molar-refractivity contribution in [2.24, 2.45) is 5.10 Å². The van der Waals surface area contributed by atoms with Gasteiger partial charge in [0.1, 0.15) is 12.7 Å². The number of fused-ring (bicyclic) bond motifs is 1. The summed E-state index contributed by atoms with van der Waals surface area (Å²) >= 11 is 0. The van der Waals surface area contributed by atoms with Gasteiger partial charge in [0.05, 0.1) is 17.2 Å². The van der Waals surface area contributed by atoms with Crippen LogP contribution >= 0.6 is 0 Å². The van der Waals surface area contributed by atoms with Crippen molar-refractivity contribution in [3.05, 3.63) is 97.1 Å². The molecule has 0 unspecified atom stereocenters. The molecule has 0 spiro atoms. The predicted molar refractivity (Wildman–Crippen MR) is 110 cm³/mol. The monoisotopic (exact) mass is 364 g/mol. The van der Waals surface area contributed by atoms with Gasteiger partial charge in [-0.15, -0.1) is 10.2 Å². The predicted octanol–water partition coefficient (Wildman–Crippen LogP) is 4.17. The maximum absolute atomic E-state index is 4.50. The third-order valence-electron chi connectivity index (χ3n) is 4.52. The van der Waals surface area contributed by atoms with Crippen molar-refractivity contribution in [3.8, 4) is 17.1 Å². The summed E-state index contributed by atoms with van der Waals surface area (Å²) in [5.74, 6) is 0.707. The number of rotatable bonds is 4. The number of aromatic nitrogens is 5. The Labute approximate surface area is 161 Å². The van der Waals surface area contributed by atoms with Crippen LogP contribution in [0, 0.1) is 0 Å². The van der Waals surface area contributed by atoms with E-state index in [-0.39, 0.29) is 0 Å². The second-order valence-corrected chi connectivity index (χ2v) is 6.30. The average molecular weight is 364 g/mol. The number of imidazole rings is 1. The molecular weight excluding hydrogens is 348 g/mol. The Kier molecular flexibility index (Phi) is 3.99. The highest BCUT2D eigenvalue weighted by Crippen LogP contribution is 2.18. The van der Waals surface area contributed by atoms with Gasteiger partial charge in [0.25, 0.3) is 0 Å². The smallest absolute Gasteiger partial charge is 0.184 e. The zero-order valence-electron chi connectivity index (χ0n) is 14.9. The molecule has 3 aromatic carbocycles. The molecule has 0 amide bonds. The SMILES string of the molecule is C(=N/n1cnnc1-c1ccccc1)/c1ccc(-n2cnc3ccccc32)cc1. The summed E-state index contributed by atoms with van der Waals surface area (Å²) in [6, 6.07) is 26.1. The van der Waals surface area contributed by atoms with Gasteiger partial charge in [0.2, 0.25) is 0 Å². The molecular formula is C22H16N6. The van der Waals surface area contributed by atoms with Gasteiger partial charge < -0.3 is 0 Å². The van der Waals surface area contributed by atoms with Crippen LogP contribution < -0.4 is 0 Å². The molecule has 6 heteroatoms. The molecule has 5 aromatic rings. The van der Waals surface area contributed by atoms with Gasteiger partial charge in [-0.2, -0.15) is 9.78 Å². The highest BCUT2D eigenvalue weighted by molar-refractivity contribution is 5.81. The van der Waals surface area contributed by atoms with Gasteiger partial charge in [-0.05, 0) is 29.8 Å². The molecule has 2 heterocycles. The fourth-order valence-corrected chi connectivity index (χ4v) is 3.11. The molecule has 0 aliphatic heterocycles. The van der Waals surface area contributed by atoms with Gasteiger partial charge in [-0.25, -0.2) is 4.98 Å². The summed E-state index contributed by atoms with van der Waals surface area (Å²) < 4.78 is 3.75. The van der Waals surface area contributed by atoms with E-state index in [4.69, 9.17) is 0 Å². The molecule has 0 saturated carbocycles. The van der Waals surface area contributed by atoms with Gasteiger partial charge in [-0.3, -0.25) is 4.57 Å². The van der Waals surface area contributed by atoms with Gasteiger partial charge in [0.15, 0.2) is 5.82 Å². The Bertz CT molecular complexity index is 1250. The summed E-state index contributed by atoms with van der Waals surface area (Å²) in [6.45, 7) is 0. The third-order valence-corrected chi connectivity index (χ3v) is 4.52. The zero-order valence-corrected chi connectivity index (χ0v) is 14.9. The van der Waals surface area contributed by atoms with Crippen molar-refractivity contribution >= 4 is 17.2 Å². The van der Waals surface area contributed by atoms with Crippen molar-refractivity contribution in [1.29, 1.82) is 0 Å². The molecule has 0 N–H and O–H groups in total. The van der Waals surface area contributed by atoms with Crippen LogP contribution in [0.25, 0.3) is 28.1 Å². The largest absolute Gasteiger partial charge is 0.299 e. The Morgan fingerprint density at radius 2 is 1.57 bits per heavy atom. The standard InChI is InChI=1S/C22H16N6/c1-2-6-18(7-3-1)22-26-24-16-28(22)25-14-17-10-12-19(13-11-17)27-15-23-20-8-4-5-9-21(20)27/h1-16H/b25-14-. The normalized spacial score (nSPS) is 11.4. The van der Waals surface area contributed by atoms with Crippen LogP contribution in [0.3, 0.4) is 0 Å². The average Bonchev–Trinajstić information content (AvgIpc) is 3.40. The Morgan fingerprint density at radius 3 is 2.43 bits per heavy atom. The van der Waals surface area contributed by atoms with E-state index in [0.29, 0.717) is 5.82 Å². The van der Waals surface area contributed by atoms with E-state index < -0.39 is 0 Å². The van der Waals surface area contributed by atoms with Crippen LogP contribution in [-0.2, 0) is 0 Å². The molecule has 6 nitrogen and oxygen atoms in total. The first-order valence-corrected chi connectivity index (χ1v) is 8.91. The van der Waals surface area contributed by atoms with Gasteiger partial charge in [-0.1, -0.05) is 54.6 Å². The van der Waals surface area contributed by atoms with Crippen LogP contribution in [0.5, 0.6) is 0 Å². The summed E-state index contributed by atoms with van der Waals surface area (Å²) in [7, 11) is 0. The number of nitrogens with zero attached hydrogens (tertiary/aromatic N) is 6. The van der Waals surface area contributed by atoms with Crippen LogP contribution in [0.2, 0.25) is 0 Å². The second kappa shape index (κ2) is 6.92. The number of hydrogen-bond acceptors (Lipinski definition) is 4. The molecule has 0 saturated heterocycles. The van der Waals surface area contributed by atoms with E-state index >= 15 is 0 Å². The Morgan fingerprint density at radius 1 is 0.786 bits per heavy atom. The molecule has 0 fully saturated rings. The minimum absolute atomic E-state index is 0.707. The van der Waals surface area contributed by atoms with E-state index in [1.54, 1.807) is 17.2 Å².